The van der Waals surface area contributed by atoms with Crippen molar-refractivity contribution in [1.82, 2.24) is 36.4 Å². The maximum atomic E-state index is 13.4. The number of esters is 1. The number of aromatic nitrogens is 2. The number of nitrogens with one attached hydrogen (secondary N) is 4. The fourth-order valence-corrected chi connectivity index (χ4v) is 4.51. The number of carbonyl (C=O) groups is 2. The van der Waals surface area contributed by atoms with Gasteiger partial charge >= 0.3 is 5.97 Å². The van der Waals surface area contributed by atoms with Crippen molar-refractivity contribution in [3.8, 4) is 6.07 Å². The van der Waals surface area contributed by atoms with Gasteiger partial charge < -0.3 is 25.8 Å². The van der Waals surface area contributed by atoms with E-state index in [1.807, 2.05) is 26.1 Å². The molecule has 2 atom stereocenters. The molecule has 36 heavy (non-hydrogen) atoms. The Morgan fingerprint density at radius 2 is 2.22 bits per heavy atom. The third-order valence-electron chi connectivity index (χ3n) is 6.29. The molecule has 4 N–H and O–H groups in total. The minimum Gasteiger partial charge on any atom is -0.461 e. The summed E-state index contributed by atoms with van der Waals surface area (Å²) >= 11 is 6.04. The molecule has 0 aliphatic carbocycles. The number of nitrogens with zero attached hydrogens (tertiary/aromatic N) is 4. The van der Waals surface area contributed by atoms with Crippen LogP contribution in [0.3, 0.4) is 0 Å². The van der Waals surface area contributed by atoms with Crippen LogP contribution < -0.4 is 21.7 Å². The molecule has 1 aromatic heterocycles. The van der Waals surface area contributed by atoms with Crippen molar-refractivity contribution in [2.45, 2.75) is 52.4 Å². The Bertz CT molecular complexity index is 1230. The van der Waals surface area contributed by atoms with E-state index in [1.54, 1.807) is 28.6 Å². The predicted molar refractivity (Wildman–Crippen MR) is 132 cm³/mol. The van der Waals surface area contributed by atoms with Gasteiger partial charge in [0.15, 0.2) is 5.69 Å². The van der Waals surface area contributed by atoms with Crippen molar-refractivity contribution in [2.24, 2.45) is 0 Å². The summed E-state index contributed by atoms with van der Waals surface area (Å²) in [5.41, 5.74) is 12.1. The van der Waals surface area contributed by atoms with Gasteiger partial charge in [0.05, 0.1) is 41.7 Å². The van der Waals surface area contributed by atoms with E-state index in [0.29, 0.717) is 41.4 Å². The van der Waals surface area contributed by atoms with Gasteiger partial charge in [0.1, 0.15) is 6.07 Å². The average molecular weight is 513 g/mol. The number of hydrogen-bond acceptors (Lipinski definition) is 9. The summed E-state index contributed by atoms with van der Waals surface area (Å²) in [4.78, 5) is 28.0. The van der Waals surface area contributed by atoms with Crippen LogP contribution >= 0.6 is 11.6 Å². The lowest BCUT2D eigenvalue weighted by molar-refractivity contribution is 0.0502. The van der Waals surface area contributed by atoms with E-state index in [-0.39, 0.29) is 36.7 Å². The number of carbonyl (C=O) groups excluding carboxylic acids is 2. The highest BCUT2D eigenvalue weighted by Crippen LogP contribution is 2.28. The fourth-order valence-electron chi connectivity index (χ4n) is 4.35. The van der Waals surface area contributed by atoms with Crippen molar-refractivity contribution in [1.29, 1.82) is 5.26 Å². The summed E-state index contributed by atoms with van der Waals surface area (Å²) in [5.74, 6) is -0.702. The van der Waals surface area contributed by atoms with Gasteiger partial charge in [0.25, 0.3) is 5.91 Å². The normalized spacial score (nSPS) is 17.4. The lowest BCUT2D eigenvalue weighted by Gasteiger charge is -2.33. The third kappa shape index (κ3) is 5.16. The van der Waals surface area contributed by atoms with Crippen LogP contribution in [-0.4, -0.2) is 51.8 Å². The fraction of sp³-hybridized carbons (Fsp3) is 0.417. The van der Waals surface area contributed by atoms with Crippen molar-refractivity contribution >= 4 is 23.5 Å². The van der Waals surface area contributed by atoms with Gasteiger partial charge in [0.2, 0.25) is 0 Å². The topological polar surface area (TPSA) is 136 Å². The van der Waals surface area contributed by atoms with E-state index in [0.717, 1.165) is 11.4 Å². The number of rotatable bonds is 8. The molecule has 3 heterocycles. The summed E-state index contributed by atoms with van der Waals surface area (Å²) in [6.45, 7) is 7.18. The molecule has 190 valence electrons. The van der Waals surface area contributed by atoms with Gasteiger partial charge in [-0.25, -0.2) is 4.79 Å². The number of hydrazine groups is 2. The summed E-state index contributed by atoms with van der Waals surface area (Å²) in [7, 11) is 0. The highest BCUT2D eigenvalue weighted by Gasteiger charge is 2.35. The maximum absolute atomic E-state index is 13.4. The zero-order valence-corrected chi connectivity index (χ0v) is 21.1. The SMILES string of the molecule is CCOC(=O)c1c2c(nn1CCNC(C)C1=CNNN1)C[C@@H](C)N(C(=O)c1ccc(Cl)c(C#N)c1)C2. The van der Waals surface area contributed by atoms with Gasteiger partial charge in [-0.15, -0.1) is 0 Å². The third-order valence-corrected chi connectivity index (χ3v) is 6.62. The van der Waals surface area contributed by atoms with E-state index >= 15 is 0 Å². The quantitative estimate of drug-likeness (QED) is 0.389. The Morgan fingerprint density at radius 3 is 2.92 bits per heavy atom. The highest BCUT2D eigenvalue weighted by atomic mass is 35.5. The molecule has 0 bridgehead atoms. The Hall–Kier alpha value is -3.59. The predicted octanol–water partition coefficient (Wildman–Crippen LogP) is 1.60. The minimum absolute atomic E-state index is 0.0505. The van der Waals surface area contributed by atoms with E-state index in [9.17, 15) is 14.9 Å². The molecule has 11 nitrogen and oxygen atoms in total. The summed E-state index contributed by atoms with van der Waals surface area (Å²) in [5, 5.41) is 17.7. The maximum Gasteiger partial charge on any atom is 0.356 e. The minimum atomic E-state index is -0.465. The van der Waals surface area contributed by atoms with E-state index in [1.165, 1.54) is 6.07 Å². The molecule has 0 radical (unpaired) electrons. The molecule has 0 saturated carbocycles. The molecule has 0 spiro atoms. The largest absolute Gasteiger partial charge is 0.461 e. The van der Waals surface area contributed by atoms with Gasteiger partial charge in [-0.2, -0.15) is 15.9 Å². The number of fused-ring (bicyclic) bond motifs is 1. The molecule has 1 amide bonds. The Kier molecular flexibility index (Phi) is 7.79. The van der Waals surface area contributed by atoms with E-state index in [2.05, 4.69) is 21.7 Å². The van der Waals surface area contributed by atoms with Crippen molar-refractivity contribution in [3.63, 3.8) is 0 Å². The first-order valence-electron chi connectivity index (χ1n) is 11.8. The summed E-state index contributed by atoms with van der Waals surface area (Å²) in [6.07, 6.45) is 2.33. The number of ether oxygens (including phenoxy) is 1. The zero-order valence-electron chi connectivity index (χ0n) is 20.4. The standard InChI is InChI=1S/C24H29ClN8O3/c1-4-36-24(35)22-18-13-32(23(34)16-5-6-19(25)17(10-16)11-26)14(2)9-20(18)30-33(22)8-7-27-15(3)21-12-28-31-29-21/h5-6,10,12,14-15,27-29,31H,4,7-9,13H2,1-3H3/t14-,15?/m1/s1. The highest BCUT2D eigenvalue weighted by molar-refractivity contribution is 6.31. The lowest BCUT2D eigenvalue weighted by atomic mass is 9.98. The Balaban J connectivity index is 1.57. The molecular weight excluding hydrogens is 484 g/mol. The molecule has 1 unspecified atom stereocenters. The number of nitriles is 1. The van der Waals surface area contributed by atoms with Gasteiger partial charge in [-0.05, 0) is 39.0 Å². The first kappa shape index (κ1) is 25.5. The van der Waals surface area contributed by atoms with Crippen LogP contribution in [0.1, 0.15) is 58.4 Å². The second kappa shape index (κ2) is 11.0. The molecule has 2 aliphatic heterocycles. The van der Waals surface area contributed by atoms with Crippen LogP contribution in [-0.2, 0) is 24.2 Å². The first-order chi connectivity index (χ1) is 17.3. The number of hydrogen-bond donors (Lipinski definition) is 4. The summed E-state index contributed by atoms with van der Waals surface area (Å²) in [6, 6.07) is 6.56. The molecule has 0 saturated heterocycles. The van der Waals surface area contributed by atoms with Crippen molar-refractivity contribution in [2.75, 3.05) is 13.2 Å². The second-order valence-corrected chi connectivity index (χ2v) is 9.09. The molecule has 4 rings (SSSR count). The number of amides is 1. The van der Waals surface area contributed by atoms with Crippen molar-refractivity contribution < 1.29 is 14.3 Å². The Labute approximate surface area is 214 Å². The van der Waals surface area contributed by atoms with Crippen LogP contribution in [0.5, 0.6) is 0 Å². The van der Waals surface area contributed by atoms with Crippen LogP contribution in [0, 0.1) is 11.3 Å². The smallest absolute Gasteiger partial charge is 0.356 e. The van der Waals surface area contributed by atoms with Gasteiger partial charge in [-0.3, -0.25) is 9.48 Å². The van der Waals surface area contributed by atoms with Crippen LogP contribution in [0.25, 0.3) is 0 Å². The van der Waals surface area contributed by atoms with Crippen molar-refractivity contribution in [3.05, 3.63) is 63.2 Å². The molecule has 0 fully saturated rings. The van der Waals surface area contributed by atoms with Crippen LogP contribution in [0.4, 0.5) is 0 Å². The zero-order chi connectivity index (χ0) is 25.8. The second-order valence-electron chi connectivity index (χ2n) is 8.68. The van der Waals surface area contributed by atoms with Gasteiger partial charge in [-0.1, -0.05) is 11.6 Å². The van der Waals surface area contributed by atoms with Crippen LogP contribution in [0.2, 0.25) is 5.02 Å². The number of benzene rings is 1. The van der Waals surface area contributed by atoms with E-state index in [4.69, 9.17) is 21.4 Å². The number of halogens is 1. The monoisotopic (exact) mass is 512 g/mol. The van der Waals surface area contributed by atoms with Crippen LogP contribution in [0.15, 0.2) is 30.1 Å². The van der Waals surface area contributed by atoms with E-state index < -0.39 is 5.97 Å². The molecular formula is C24H29ClN8O3. The van der Waals surface area contributed by atoms with Gasteiger partial charge in [0, 0.05) is 42.4 Å². The molecule has 1 aromatic carbocycles. The molecule has 2 aliphatic rings. The first-order valence-corrected chi connectivity index (χ1v) is 12.2. The average Bonchev–Trinajstić information content (AvgIpc) is 3.51. The molecule has 2 aromatic rings. The molecule has 12 heteroatoms. The Morgan fingerprint density at radius 1 is 1.42 bits per heavy atom. The summed E-state index contributed by atoms with van der Waals surface area (Å²) < 4.78 is 7.02. The lowest BCUT2D eigenvalue weighted by Crippen LogP contribution is -2.42.